The van der Waals surface area contributed by atoms with Crippen LogP contribution in [0.2, 0.25) is 0 Å². The van der Waals surface area contributed by atoms with E-state index < -0.39 is 12.1 Å². The minimum absolute atomic E-state index is 0.0454. The number of allylic oxidation sites excluding steroid dienone is 1. The zero-order chi connectivity index (χ0) is 21.0. The quantitative estimate of drug-likeness (QED) is 0.694. The molecule has 2 N–H and O–H groups in total. The van der Waals surface area contributed by atoms with Crippen molar-refractivity contribution in [1.29, 1.82) is 0 Å². The van der Waals surface area contributed by atoms with Crippen LogP contribution in [-0.4, -0.2) is 65.4 Å². The number of fused-ring (bicyclic) bond motifs is 2. The normalized spacial score (nSPS) is 31.8. The first kappa shape index (κ1) is 21.7. The number of urea groups is 1. The Morgan fingerprint density at radius 1 is 1.21 bits per heavy atom. The average Bonchev–Trinajstić information content (AvgIpc) is 3.22. The Labute approximate surface area is 174 Å². The van der Waals surface area contributed by atoms with Crippen LogP contribution in [0.15, 0.2) is 12.2 Å². The van der Waals surface area contributed by atoms with Gasteiger partial charge in [-0.1, -0.05) is 25.0 Å². The molecule has 7 nitrogen and oxygen atoms in total. The first-order chi connectivity index (χ1) is 13.9. The maximum absolute atomic E-state index is 13.3. The highest BCUT2D eigenvalue weighted by Gasteiger charge is 2.42. The number of rotatable bonds is 2. The second kappa shape index (κ2) is 9.63. The molecule has 2 aliphatic heterocycles. The first-order valence-electron chi connectivity index (χ1n) is 11.2. The summed E-state index contributed by atoms with van der Waals surface area (Å²) in [5.41, 5.74) is 0. The molecule has 4 atom stereocenters. The number of amides is 4. The summed E-state index contributed by atoms with van der Waals surface area (Å²) >= 11 is 0. The lowest BCUT2D eigenvalue weighted by Gasteiger charge is -2.30. The lowest BCUT2D eigenvalue weighted by atomic mass is 10.0. The second-order valence-electron chi connectivity index (χ2n) is 8.98. The summed E-state index contributed by atoms with van der Waals surface area (Å²) < 4.78 is 0. The van der Waals surface area contributed by atoms with Gasteiger partial charge in [0.15, 0.2) is 0 Å². The Kier molecular flexibility index (Phi) is 7.19. The molecule has 1 aliphatic carbocycles. The predicted octanol–water partition coefficient (Wildman–Crippen LogP) is 2.42. The molecule has 29 heavy (non-hydrogen) atoms. The predicted molar refractivity (Wildman–Crippen MR) is 112 cm³/mol. The highest BCUT2D eigenvalue weighted by Crippen LogP contribution is 2.33. The molecule has 0 aromatic rings. The molecule has 2 heterocycles. The number of hydrogen-bond acceptors (Lipinski definition) is 3. The van der Waals surface area contributed by atoms with Crippen LogP contribution in [0.1, 0.15) is 65.2 Å². The van der Waals surface area contributed by atoms with Crippen molar-refractivity contribution in [3.8, 4) is 0 Å². The molecule has 3 rings (SSSR count). The Morgan fingerprint density at radius 3 is 2.76 bits per heavy atom. The summed E-state index contributed by atoms with van der Waals surface area (Å²) in [6, 6.07) is -0.973. The van der Waals surface area contributed by atoms with Crippen molar-refractivity contribution in [2.75, 3.05) is 13.6 Å². The standard InChI is InChI=1S/C22H36N4O3/c1-15(2)25(3)22(29)24-17-11-8-6-4-5-7-10-16-14-18(16)23-20(27)19-12-9-13-26(19)21(17)28/h7,10,15-19H,4-6,8-9,11-14H2,1-3H3,(H,23,27)(H,24,29)/b10-7-/t16-,17-,18?,19-/m0/s1. The Hall–Kier alpha value is -2.05. The van der Waals surface area contributed by atoms with E-state index in [-0.39, 0.29) is 29.9 Å². The van der Waals surface area contributed by atoms with Gasteiger partial charge in [-0.25, -0.2) is 4.79 Å². The monoisotopic (exact) mass is 404 g/mol. The van der Waals surface area contributed by atoms with Crippen LogP contribution in [0.5, 0.6) is 0 Å². The summed E-state index contributed by atoms with van der Waals surface area (Å²) in [4.78, 5) is 42.0. The van der Waals surface area contributed by atoms with Crippen LogP contribution < -0.4 is 10.6 Å². The molecule has 0 aromatic heterocycles. The van der Waals surface area contributed by atoms with Crippen LogP contribution in [-0.2, 0) is 9.59 Å². The second-order valence-corrected chi connectivity index (χ2v) is 8.98. The molecule has 162 valence electrons. The molecule has 1 saturated heterocycles. The molecule has 3 aliphatic rings. The van der Waals surface area contributed by atoms with Gasteiger partial charge in [0.1, 0.15) is 12.1 Å². The SMILES string of the molecule is CC(C)N(C)C(=O)N[C@H]1CCCCC/C=C\[C@H]2CC2NC(=O)[C@@H]2CCCN2C1=O. The largest absolute Gasteiger partial charge is 0.351 e. The van der Waals surface area contributed by atoms with Gasteiger partial charge in [0.05, 0.1) is 0 Å². The van der Waals surface area contributed by atoms with E-state index in [9.17, 15) is 14.4 Å². The third-order valence-corrected chi connectivity index (χ3v) is 6.44. The number of nitrogens with one attached hydrogen (secondary N) is 2. The zero-order valence-corrected chi connectivity index (χ0v) is 18.0. The third kappa shape index (κ3) is 5.52. The molecule has 0 spiro atoms. The minimum Gasteiger partial charge on any atom is -0.351 e. The Bertz CT molecular complexity index is 648. The van der Waals surface area contributed by atoms with Crippen molar-refractivity contribution in [3.05, 3.63) is 12.2 Å². The van der Waals surface area contributed by atoms with Crippen molar-refractivity contribution in [2.45, 2.75) is 89.4 Å². The lowest BCUT2D eigenvalue weighted by Crippen LogP contribution is -2.55. The third-order valence-electron chi connectivity index (χ3n) is 6.44. The Morgan fingerprint density at radius 2 is 2.00 bits per heavy atom. The summed E-state index contributed by atoms with van der Waals surface area (Å²) in [5.74, 6) is 0.276. The van der Waals surface area contributed by atoms with Gasteiger partial charge in [0, 0.05) is 25.7 Å². The number of carbonyl (C=O) groups is 3. The molecule has 7 heteroatoms. The van der Waals surface area contributed by atoms with Gasteiger partial charge in [-0.15, -0.1) is 0 Å². The fraction of sp³-hybridized carbons (Fsp3) is 0.773. The van der Waals surface area contributed by atoms with Crippen LogP contribution in [0.4, 0.5) is 4.79 Å². The number of carbonyl (C=O) groups excluding carboxylic acids is 3. The molecule has 1 unspecified atom stereocenters. The first-order valence-corrected chi connectivity index (χ1v) is 11.2. The zero-order valence-electron chi connectivity index (χ0n) is 18.0. The van der Waals surface area contributed by atoms with Crippen molar-refractivity contribution < 1.29 is 14.4 Å². The van der Waals surface area contributed by atoms with E-state index in [4.69, 9.17) is 0 Å². The maximum Gasteiger partial charge on any atom is 0.318 e. The molecular weight excluding hydrogens is 368 g/mol. The molecule has 1 saturated carbocycles. The smallest absolute Gasteiger partial charge is 0.318 e. The maximum atomic E-state index is 13.3. The summed E-state index contributed by atoms with van der Waals surface area (Å²) in [6.45, 7) is 4.46. The van der Waals surface area contributed by atoms with Gasteiger partial charge in [0.2, 0.25) is 11.8 Å². The molecule has 2 fully saturated rings. The van der Waals surface area contributed by atoms with Crippen molar-refractivity contribution in [3.63, 3.8) is 0 Å². The van der Waals surface area contributed by atoms with Crippen LogP contribution in [0, 0.1) is 5.92 Å². The van der Waals surface area contributed by atoms with Crippen molar-refractivity contribution in [1.82, 2.24) is 20.4 Å². The van der Waals surface area contributed by atoms with Crippen molar-refractivity contribution in [2.24, 2.45) is 5.92 Å². The highest BCUT2D eigenvalue weighted by atomic mass is 16.2. The van der Waals surface area contributed by atoms with E-state index >= 15 is 0 Å². The molecule has 0 aromatic carbocycles. The number of hydrogen-bond donors (Lipinski definition) is 2. The van der Waals surface area contributed by atoms with Crippen LogP contribution >= 0.6 is 0 Å². The summed E-state index contributed by atoms with van der Waals surface area (Å²) in [6.07, 6.45) is 11.6. The average molecular weight is 405 g/mol. The van der Waals surface area contributed by atoms with E-state index in [1.54, 1.807) is 16.8 Å². The molecule has 0 radical (unpaired) electrons. The summed E-state index contributed by atoms with van der Waals surface area (Å²) in [5, 5.41) is 6.06. The molecular formula is C22H36N4O3. The fourth-order valence-corrected chi connectivity index (χ4v) is 4.18. The highest BCUT2D eigenvalue weighted by molar-refractivity contribution is 5.92. The number of nitrogens with zero attached hydrogens (tertiary/aromatic N) is 2. The van der Waals surface area contributed by atoms with E-state index in [0.29, 0.717) is 25.3 Å². The van der Waals surface area contributed by atoms with Crippen molar-refractivity contribution >= 4 is 17.8 Å². The summed E-state index contributed by atoms with van der Waals surface area (Å²) in [7, 11) is 1.74. The van der Waals surface area contributed by atoms with E-state index in [1.165, 1.54) is 0 Å². The van der Waals surface area contributed by atoms with E-state index in [2.05, 4.69) is 22.8 Å². The van der Waals surface area contributed by atoms with E-state index in [1.807, 2.05) is 13.8 Å². The van der Waals surface area contributed by atoms with E-state index in [0.717, 1.165) is 38.5 Å². The van der Waals surface area contributed by atoms with Crippen LogP contribution in [0.3, 0.4) is 0 Å². The molecule has 4 amide bonds. The van der Waals surface area contributed by atoms with Gasteiger partial charge in [-0.3, -0.25) is 9.59 Å². The van der Waals surface area contributed by atoms with Gasteiger partial charge < -0.3 is 20.4 Å². The topological polar surface area (TPSA) is 81.8 Å². The lowest BCUT2D eigenvalue weighted by molar-refractivity contribution is -0.140. The minimum atomic E-state index is -0.577. The van der Waals surface area contributed by atoms with Gasteiger partial charge in [-0.2, -0.15) is 0 Å². The molecule has 0 bridgehead atoms. The van der Waals surface area contributed by atoms with Crippen LogP contribution in [0.25, 0.3) is 0 Å². The fourth-order valence-electron chi connectivity index (χ4n) is 4.18. The van der Waals surface area contributed by atoms with Gasteiger partial charge in [-0.05, 0) is 58.3 Å². The van der Waals surface area contributed by atoms with Gasteiger partial charge >= 0.3 is 6.03 Å². The Balaban J connectivity index is 1.73. The van der Waals surface area contributed by atoms with Gasteiger partial charge in [0.25, 0.3) is 0 Å².